The zero-order valence-electron chi connectivity index (χ0n) is 15.9. The molecular formula is C21H25F2NO3. The molecule has 1 N–H and O–H groups in total. The van der Waals surface area contributed by atoms with Crippen molar-refractivity contribution >= 4 is 11.5 Å². The van der Waals surface area contributed by atoms with E-state index in [1.165, 1.54) is 12.1 Å². The van der Waals surface area contributed by atoms with E-state index in [1.54, 1.807) is 13.1 Å². The SMILES string of the molecule is C=CC(C)C1C[C@@]2(C(C)Cc3cc(F)c(NC)cc3F)OCOC2=CC1=O. The number of allylic oxidation sites excluding steroid dienone is 2. The van der Waals surface area contributed by atoms with Crippen LogP contribution in [0.3, 0.4) is 0 Å². The van der Waals surface area contributed by atoms with Gasteiger partial charge in [0.2, 0.25) is 0 Å². The Hall–Kier alpha value is -2.21. The monoisotopic (exact) mass is 377 g/mol. The van der Waals surface area contributed by atoms with Crippen LogP contribution in [0.2, 0.25) is 0 Å². The summed E-state index contributed by atoms with van der Waals surface area (Å²) in [6.07, 6.45) is 3.95. The van der Waals surface area contributed by atoms with Crippen LogP contribution in [0.1, 0.15) is 25.8 Å². The molecule has 1 aliphatic carbocycles. The molecule has 2 aliphatic rings. The fraction of sp³-hybridized carbons (Fsp3) is 0.476. The fourth-order valence-corrected chi connectivity index (χ4v) is 4.00. The van der Waals surface area contributed by atoms with Crippen molar-refractivity contribution in [2.45, 2.75) is 32.3 Å². The zero-order chi connectivity index (χ0) is 19.8. The number of fused-ring (bicyclic) bond motifs is 1. The van der Waals surface area contributed by atoms with Gasteiger partial charge in [0.25, 0.3) is 0 Å². The van der Waals surface area contributed by atoms with Crippen LogP contribution in [0, 0.1) is 29.4 Å². The van der Waals surface area contributed by atoms with Gasteiger partial charge in [-0.1, -0.05) is 19.9 Å². The molecule has 6 heteroatoms. The first-order valence-corrected chi connectivity index (χ1v) is 9.13. The summed E-state index contributed by atoms with van der Waals surface area (Å²) in [5, 5.41) is 2.63. The van der Waals surface area contributed by atoms with Gasteiger partial charge >= 0.3 is 0 Å². The number of nitrogens with one attached hydrogen (secondary N) is 1. The molecule has 3 unspecified atom stereocenters. The zero-order valence-corrected chi connectivity index (χ0v) is 15.9. The first-order chi connectivity index (χ1) is 12.8. The predicted octanol–water partition coefficient (Wildman–Crippen LogP) is 4.22. The number of carbonyl (C=O) groups is 1. The normalized spacial score (nSPS) is 26.6. The number of rotatable bonds is 6. The van der Waals surface area contributed by atoms with Crippen LogP contribution >= 0.6 is 0 Å². The van der Waals surface area contributed by atoms with E-state index in [-0.39, 0.29) is 48.0 Å². The molecule has 27 heavy (non-hydrogen) atoms. The van der Waals surface area contributed by atoms with Crippen LogP contribution in [0.5, 0.6) is 0 Å². The van der Waals surface area contributed by atoms with Gasteiger partial charge in [0.1, 0.15) is 23.0 Å². The topological polar surface area (TPSA) is 47.6 Å². The number of ether oxygens (including phenoxy) is 2. The Balaban J connectivity index is 1.91. The number of halogens is 2. The van der Waals surface area contributed by atoms with Crippen LogP contribution in [0.4, 0.5) is 14.5 Å². The van der Waals surface area contributed by atoms with E-state index in [1.807, 2.05) is 13.8 Å². The third-order valence-corrected chi connectivity index (χ3v) is 5.84. The van der Waals surface area contributed by atoms with Crippen LogP contribution in [-0.2, 0) is 20.7 Å². The van der Waals surface area contributed by atoms with E-state index in [0.29, 0.717) is 12.2 Å². The molecule has 0 saturated carbocycles. The molecular weight excluding hydrogens is 352 g/mol. The molecule has 1 aromatic rings. The summed E-state index contributed by atoms with van der Waals surface area (Å²) in [7, 11) is 1.54. The summed E-state index contributed by atoms with van der Waals surface area (Å²) in [4.78, 5) is 12.5. The van der Waals surface area contributed by atoms with Crippen molar-refractivity contribution < 1.29 is 23.0 Å². The molecule has 4 nitrogen and oxygen atoms in total. The van der Waals surface area contributed by atoms with Gasteiger partial charge in [-0.05, 0) is 36.3 Å². The largest absolute Gasteiger partial charge is 0.469 e. The van der Waals surface area contributed by atoms with Gasteiger partial charge in [-0.3, -0.25) is 4.79 Å². The smallest absolute Gasteiger partial charge is 0.189 e. The molecule has 146 valence electrons. The Morgan fingerprint density at radius 2 is 2.11 bits per heavy atom. The average Bonchev–Trinajstić information content (AvgIpc) is 3.06. The second-order valence-electron chi connectivity index (χ2n) is 7.39. The summed E-state index contributed by atoms with van der Waals surface area (Å²) in [6, 6.07) is 2.37. The lowest BCUT2D eigenvalue weighted by Crippen LogP contribution is -2.46. The van der Waals surface area contributed by atoms with Gasteiger partial charge in [-0.2, -0.15) is 0 Å². The molecule has 3 rings (SSSR count). The van der Waals surface area contributed by atoms with Crippen molar-refractivity contribution in [3.63, 3.8) is 0 Å². The quantitative estimate of drug-likeness (QED) is 0.754. The fourth-order valence-electron chi connectivity index (χ4n) is 4.00. The standard InChI is InChI=1S/C21H25F2NO3/c1-5-12(2)15-10-21(20(9-19(15)25)26-11-27-21)13(3)6-14-7-17(23)18(24-4)8-16(14)22/h5,7-9,12-13,15,24H,1,6,10-11H2,2-4H3/t12?,13?,15?,21-/m0/s1. The van der Waals surface area contributed by atoms with Gasteiger partial charge in [0, 0.05) is 25.1 Å². The highest BCUT2D eigenvalue weighted by Gasteiger charge is 2.52. The van der Waals surface area contributed by atoms with Gasteiger partial charge in [-0.25, -0.2) is 8.78 Å². The highest BCUT2D eigenvalue weighted by atomic mass is 19.1. The van der Waals surface area contributed by atoms with Crippen molar-refractivity contribution in [2.24, 2.45) is 17.8 Å². The second-order valence-corrected chi connectivity index (χ2v) is 7.39. The van der Waals surface area contributed by atoms with E-state index in [2.05, 4.69) is 11.9 Å². The highest BCUT2D eigenvalue weighted by Crippen LogP contribution is 2.47. The van der Waals surface area contributed by atoms with Crippen LogP contribution in [-0.4, -0.2) is 25.2 Å². The number of benzene rings is 1. The molecule has 0 aromatic heterocycles. The number of hydrogen-bond donors (Lipinski definition) is 1. The van der Waals surface area contributed by atoms with Crippen LogP contribution in [0.15, 0.2) is 36.6 Å². The summed E-state index contributed by atoms with van der Waals surface area (Å²) < 4.78 is 40.1. The number of carbonyl (C=O) groups excluding carboxylic acids is 1. The van der Waals surface area contributed by atoms with Crippen LogP contribution < -0.4 is 5.32 Å². The number of anilines is 1. The van der Waals surface area contributed by atoms with E-state index < -0.39 is 17.2 Å². The Bertz CT molecular complexity index is 792. The number of ketones is 1. The lowest BCUT2D eigenvalue weighted by Gasteiger charge is -2.39. The molecule has 0 bridgehead atoms. The van der Waals surface area contributed by atoms with Gasteiger partial charge < -0.3 is 14.8 Å². The second kappa shape index (κ2) is 7.43. The molecule has 1 heterocycles. The van der Waals surface area contributed by atoms with Gasteiger partial charge in [0.05, 0.1) is 5.69 Å². The first kappa shape index (κ1) is 19.5. The van der Waals surface area contributed by atoms with E-state index in [4.69, 9.17) is 9.47 Å². The van der Waals surface area contributed by atoms with E-state index in [9.17, 15) is 13.6 Å². The van der Waals surface area contributed by atoms with Crippen molar-refractivity contribution in [1.82, 2.24) is 0 Å². The summed E-state index contributed by atoms with van der Waals surface area (Å²) >= 11 is 0. The maximum Gasteiger partial charge on any atom is 0.189 e. The average molecular weight is 377 g/mol. The third-order valence-electron chi connectivity index (χ3n) is 5.84. The molecule has 1 fully saturated rings. The van der Waals surface area contributed by atoms with Gasteiger partial charge in [0.15, 0.2) is 12.6 Å². The maximum absolute atomic E-state index is 14.4. The Labute approximate surface area is 158 Å². The minimum atomic E-state index is -0.819. The van der Waals surface area contributed by atoms with Crippen molar-refractivity contribution in [3.8, 4) is 0 Å². The highest BCUT2D eigenvalue weighted by molar-refractivity contribution is 5.94. The van der Waals surface area contributed by atoms with E-state index >= 15 is 0 Å². The molecule has 1 aromatic carbocycles. The summed E-state index contributed by atoms with van der Waals surface area (Å²) in [6.45, 7) is 7.69. The molecule has 4 atom stereocenters. The minimum Gasteiger partial charge on any atom is -0.469 e. The van der Waals surface area contributed by atoms with Crippen molar-refractivity contribution in [2.75, 3.05) is 19.2 Å². The Kier molecular flexibility index (Phi) is 5.38. The lowest BCUT2D eigenvalue weighted by atomic mass is 9.69. The third kappa shape index (κ3) is 3.38. The Morgan fingerprint density at radius 1 is 1.37 bits per heavy atom. The number of hydrogen-bond acceptors (Lipinski definition) is 4. The summed E-state index contributed by atoms with van der Waals surface area (Å²) in [5.74, 6) is -1.02. The molecule has 1 saturated heterocycles. The lowest BCUT2D eigenvalue weighted by molar-refractivity contribution is -0.124. The first-order valence-electron chi connectivity index (χ1n) is 9.13. The summed E-state index contributed by atoms with van der Waals surface area (Å²) in [5.41, 5.74) is -0.430. The Morgan fingerprint density at radius 3 is 2.78 bits per heavy atom. The van der Waals surface area contributed by atoms with Gasteiger partial charge in [-0.15, -0.1) is 6.58 Å². The minimum absolute atomic E-state index is 0.0127. The molecule has 0 amide bonds. The van der Waals surface area contributed by atoms with Crippen LogP contribution in [0.25, 0.3) is 0 Å². The molecule has 0 spiro atoms. The van der Waals surface area contributed by atoms with Crippen molar-refractivity contribution in [1.29, 1.82) is 0 Å². The molecule has 0 radical (unpaired) electrons. The molecule has 1 aliphatic heterocycles. The maximum atomic E-state index is 14.4. The predicted molar refractivity (Wildman–Crippen MR) is 99.1 cm³/mol. The van der Waals surface area contributed by atoms with Crippen molar-refractivity contribution in [3.05, 3.63) is 53.8 Å². The van der Waals surface area contributed by atoms with E-state index in [0.717, 1.165) is 6.07 Å².